The molecular formula is C5H5N2O2S. The van der Waals surface area contributed by atoms with E-state index in [1.165, 1.54) is 18.3 Å². The molecule has 2 N–H and O–H groups in total. The van der Waals surface area contributed by atoms with Gasteiger partial charge in [-0.2, -0.15) is 0 Å². The van der Waals surface area contributed by atoms with Crippen LogP contribution >= 0.6 is 0 Å². The van der Waals surface area contributed by atoms with Crippen LogP contribution in [0.25, 0.3) is 0 Å². The van der Waals surface area contributed by atoms with Crippen molar-refractivity contribution in [1.29, 1.82) is 0 Å². The third-order valence-corrected chi connectivity index (χ3v) is 1.73. The highest BCUT2D eigenvalue weighted by atomic mass is 32.2. The van der Waals surface area contributed by atoms with E-state index in [1.807, 2.05) is 0 Å². The highest BCUT2D eigenvalue weighted by Gasteiger charge is 2.05. The van der Waals surface area contributed by atoms with Gasteiger partial charge in [0.1, 0.15) is 11.1 Å². The molecule has 0 unspecified atom stereocenters. The lowest BCUT2D eigenvalue weighted by atomic mass is 10.5. The number of primary sulfonamides is 1. The van der Waals surface area contributed by atoms with Gasteiger partial charge in [-0.3, -0.25) is 4.98 Å². The molecule has 0 atom stereocenters. The molecule has 1 radical (unpaired) electrons. The molecule has 0 spiro atoms. The molecule has 0 saturated carbocycles. The van der Waals surface area contributed by atoms with E-state index in [1.54, 1.807) is 0 Å². The topological polar surface area (TPSA) is 73.1 Å². The van der Waals surface area contributed by atoms with Crippen molar-refractivity contribution in [2.75, 3.05) is 0 Å². The molecule has 1 heterocycles. The van der Waals surface area contributed by atoms with Crippen LogP contribution in [0, 0.1) is 6.20 Å². The maximum absolute atomic E-state index is 10.5. The number of hydrogen-bond acceptors (Lipinski definition) is 3. The summed E-state index contributed by atoms with van der Waals surface area (Å²) in [5.41, 5.74) is 0. The summed E-state index contributed by atoms with van der Waals surface area (Å²) < 4.78 is 21.1. The van der Waals surface area contributed by atoms with E-state index >= 15 is 0 Å². The van der Waals surface area contributed by atoms with Crippen molar-refractivity contribution in [3.8, 4) is 0 Å². The molecule has 0 aromatic carbocycles. The standard InChI is InChI=1S/C5H5N2O2S/c6-10(8,9)5-2-1-3-7-4-5/h1-3H,(H2,6,8,9). The van der Waals surface area contributed by atoms with Gasteiger partial charge in [-0.1, -0.05) is 0 Å². The first-order valence-electron chi connectivity index (χ1n) is 2.46. The van der Waals surface area contributed by atoms with Gasteiger partial charge in [-0.15, -0.1) is 0 Å². The third kappa shape index (κ3) is 1.52. The van der Waals surface area contributed by atoms with Crippen LogP contribution < -0.4 is 5.14 Å². The highest BCUT2D eigenvalue weighted by molar-refractivity contribution is 7.89. The Bertz CT molecular complexity index is 306. The van der Waals surface area contributed by atoms with Gasteiger partial charge < -0.3 is 0 Å². The summed E-state index contributed by atoms with van der Waals surface area (Å²) in [6, 6.07) is 2.82. The molecule has 0 aliphatic carbocycles. The minimum atomic E-state index is -3.62. The van der Waals surface area contributed by atoms with Crippen LogP contribution in [0.15, 0.2) is 23.2 Å². The Kier molecular flexibility index (Phi) is 1.69. The number of rotatable bonds is 1. The van der Waals surface area contributed by atoms with Crippen LogP contribution in [0.1, 0.15) is 0 Å². The Labute approximate surface area is 58.8 Å². The van der Waals surface area contributed by atoms with Gasteiger partial charge in [0.05, 0.1) is 0 Å². The van der Waals surface area contributed by atoms with Crippen LogP contribution in [0.3, 0.4) is 0 Å². The molecule has 10 heavy (non-hydrogen) atoms. The molecule has 1 aromatic heterocycles. The zero-order chi connectivity index (χ0) is 7.61. The van der Waals surface area contributed by atoms with Crippen LogP contribution in [0.2, 0.25) is 0 Å². The first-order valence-corrected chi connectivity index (χ1v) is 4.01. The van der Waals surface area contributed by atoms with E-state index in [0.717, 1.165) is 0 Å². The molecule has 0 saturated heterocycles. The molecule has 0 fully saturated rings. The van der Waals surface area contributed by atoms with E-state index in [0.29, 0.717) is 0 Å². The molecular weight excluding hydrogens is 152 g/mol. The van der Waals surface area contributed by atoms with Crippen molar-refractivity contribution in [1.82, 2.24) is 4.98 Å². The van der Waals surface area contributed by atoms with Crippen molar-refractivity contribution >= 4 is 10.0 Å². The third-order valence-electron chi connectivity index (χ3n) is 0.889. The van der Waals surface area contributed by atoms with Crippen molar-refractivity contribution in [3.05, 3.63) is 24.5 Å². The Hall–Kier alpha value is -0.940. The number of nitrogens with two attached hydrogens (primary N) is 1. The lowest BCUT2D eigenvalue weighted by Crippen LogP contribution is -2.12. The largest absolute Gasteiger partial charge is 0.253 e. The summed E-state index contributed by atoms with van der Waals surface area (Å²) in [5, 5.41) is 4.76. The van der Waals surface area contributed by atoms with Gasteiger partial charge in [0.2, 0.25) is 10.0 Å². The molecule has 1 rings (SSSR count). The maximum atomic E-state index is 10.5. The molecule has 1 aromatic rings. The first kappa shape index (κ1) is 7.17. The fourth-order valence-electron chi connectivity index (χ4n) is 0.470. The summed E-state index contributed by atoms with van der Waals surface area (Å²) in [4.78, 5) is 3.38. The average Bonchev–Trinajstić information content (AvgIpc) is 1.88. The smallest absolute Gasteiger partial charge is 0.240 e. The minimum Gasteiger partial charge on any atom is -0.253 e. The van der Waals surface area contributed by atoms with Gasteiger partial charge in [-0.25, -0.2) is 13.6 Å². The number of sulfonamides is 1. The van der Waals surface area contributed by atoms with Crippen molar-refractivity contribution in [2.24, 2.45) is 5.14 Å². The second-order valence-electron chi connectivity index (χ2n) is 1.66. The van der Waals surface area contributed by atoms with Crippen LogP contribution in [0.5, 0.6) is 0 Å². The summed E-state index contributed by atoms with van der Waals surface area (Å²) in [6.07, 6.45) is 3.67. The van der Waals surface area contributed by atoms with E-state index < -0.39 is 10.0 Å². The second kappa shape index (κ2) is 2.36. The maximum Gasteiger partial charge on any atom is 0.240 e. The van der Waals surface area contributed by atoms with Crippen molar-refractivity contribution < 1.29 is 8.42 Å². The lowest BCUT2D eigenvalue weighted by Gasteiger charge is -1.91. The van der Waals surface area contributed by atoms with E-state index in [9.17, 15) is 8.42 Å². The van der Waals surface area contributed by atoms with Gasteiger partial charge in [0, 0.05) is 6.20 Å². The van der Waals surface area contributed by atoms with Crippen LogP contribution in [-0.4, -0.2) is 13.4 Å². The SMILES string of the molecule is NS(=O)(=O)c1[c]nccc1. The van der Waals surface area contributed by atoms with E-state index in [4.69, 9.17) is 5.14 Å². The highest BCUT2D eigenvalue weighted by Crippen LogP contribution is 1.99. The summed E-state index contributed by atoms with van der Waals surface area (Å²) >= 11 is 0. The number of pyridine rings is 1. The Morgan fingerprint density at radius 1 is 1.60 bits per heavy atom. The monoisotopic (exact) mass is 157 g/mol. The number of nitrogens with zero attached hydrogens (tertiary/aromatic N) is 1. The average molecular weight is 157 g/mol. The normalized spacial score (nSPS) is 11.3. The summed E-state index contributed by atoms with van der Waals surface area (Å²) in [7, 11) is -3.62. The Morgan fingerprint density at radius 2 is 2.30 bits per heavy atom. The van der Waals surface area contributed by atoms with Gasteiger partial charge in [0.15, 0.2) is 0 Å². The fourth-order valence-corrected chi connectivity index (χ4v) is 0.918. The predicted octanol–water partition coefficient (Wildman–Crippen LogP) is -0.471. The Balaban J connectivity index is 3.22. The van der Waals surface area contributed by atoms with Crippen LogP contribution in [-0.2, 0) is 10.0 Å². The van der Waals surface area contributed by atoms with E-state index in [-0.39, 0.29) is 4.90 Å². The quantitative estimate of drug-likeness (QED) is 0.598. The molecule has 53 valence electrons. The Morgan fingerprint density at radius 3 is 2.60 bits per heavy atom. The number of aromatic nitrogens is 1. The molecule has 0 aliphatic rings. The molecule has 5 heteroatoms. The van der Waals surface area contributed by atoms with Crippen molar-refractivity contribution in [2.45, 2.75) is 4.90 Å². The number of hydrogen-bond donors (Lipinski definition) is 1. The zero-order valence-electron chi connectivity index (χ0n) is 4.98. The second-order valence-corrected chi connectivity index (χ2v) is 3.19. The summed E-state index contributed by atoms with van der Waals surface area (Å²) in [6.45, 7) is 0. The zero-order valence-corrected chi connectivity index (χ0v) is 5.80. The molecule has 0 amide bonds. The van der Waals surface area contributed by atoms with Gasteiger partial charge >= 0.3 is 0 Å². The van der Waals surface area contributed by atoms with Crippen LogP contribution in [0.4, 0.5) is 0 Å². The molecule has 0 aliphatic heterocycles. The van der Waals surface area contributed by atoms with E-state index in [2.05, 4.69) is 11.2 Å². The van der Waals surface area contributed by atoms with Gasteiger partial charge in [0.25, 0.3) is 0 Å². The lowest BCUT2D eigenvalue weighted by molar-refractivity contribution is 0.597. The summed E-state index contributed by atoms with van der Waals surface area (Å²) in [5.74, 6) is 0. The first-order chi connectivity index (χ1) is 4.61. The molecule has 4 nitrogen and oxygen atoms in total. The van der Waals surface area contributed by atoms with Gasteiger partial charge in [-0.05, 0) is 12.1 Å². The van der Waals surface area contributed by atoms with Crippen molar-refractivity contribution in [3.63, 3.8) is 0 Å². The fraction of sp³-hybridized carbons (Fsp3) is 0. The molecule has 0 bridgehead atoms. The minimum absolute atomic E-state index is 0.0880. The predicted molar refractivity (Wildman–Crippen MR) is 34.4 cm³/mol.